The second kappa shape index (κ2) is 8.29. The molecule has 156 valence electrons. The zero-order valence-corrected chi connectivity index (χ0v) is 17.0. The molecule has 0 bridgehead atoms. The summed E-state index contributed by atoms with van der Waals surface area (Å²) in [6.45, 7) is 4.95. The summed E-state index contributed by atoms with van der Waals surface area (Å²) in [5.41, 5.74) is 0.434. The molecule has 0 saturated carbocycles. The summed E-state index contributed by atoms with van der Waals surface area (Å²) in [6, 6.07) is 5.99. The first-order chi connectivity index (χ1) is 13.6. The van der Waals surface area contributed by atoms with Gasteiger partial charge in [-0.15, -0.1) is 0 Å². The Bertz CT molecular complexity index is 992. The topological polar surface area (TPSA) is 127 Å². The van der Waals surface area contributed by atoms with Crippen molar-refractivity contribution in [3.63, 3.8) is 0 Å². The second-order valence-electron chi connectivity index (χ2n) is 7.50. The average Bonchev–Trinajstić information content (AvgIpc) is 3.10. The Morgan fingerprint density at radius 3 is 2.41 bits per heavy atom. The first-order valence-corrected chi connectivity index (χ1v) is 10.7. The Balaban J connectivity index is 1.64. The van der Waals surface area contributed by atoms with E-state index in [9.17, 15) is 23.3 Å². The van der Waals surface area contributed by atoms with E-state index in [1.54, 1.807) is 0 Å². The van der Waals surface area contributed by atoms with Crippen molar-refractivity contribution in [3.05, 3.63) is 46.9 Å². The van der Waals surface area contributed by atoms with Gasteiger partial charge in [0.1, 0.15) is 12.7 Å². The molecule has 0 aliphatic carbocycles. The predicted molar refractivity (Wildman–Crippen MR) is 106 cm³/mol. The lowest BCUT2D eigenvalue weighted by atomic mass is 9.94. The van der Waals surface area contributed by atoms with Gasteiger partial charge in [0, 0.05) is 18.8 Å². The fourth-order valence-electron chi connectivity index (χ4n) is 3.56. The van der Waals surface area contributed by atoms with Crippen LogP contribution in [0.2, 0.25) is 0 Å². The van der Waals surface area contributed by atoms with Crippen LogP contribution < -0.4 is 5.32 Å². The molecule has 0 unspecified atom stereocenters. The third-order valence-electron chi connectivity index (χ3n) is 4.74. The number of nitro groups is 1. The fourth-order valence-corrected chi connectivity index (χ4v) is 5.24. The highest BCUT2D eigenvalue weighted by Gasteiger charge is 2.31. The molecule has 1 aliphatic rings. The van der Waals surface area contributed by atoms with Gasteiger partial charge in [0.25, 0.3) is 0 Å². The maximum Gasteiger partial charge on any atom is 0.381 e. The van der Waals surface area contributed by atoms with Crippen LogP contribution in [0.5, 0.6) is 0 Å². The zero-order chi connectivity index (χ0) is 21.2. The number of amides is 1. The van der Waals surface area contributed by atoms with E-state index in [1.807, 2.05) is 13.8 Å². The minimum atomic E-state index is -3.58. The monoisotopic (exact) mass is 421 g/mol. The molecule has 0 spiro atoms. The quantitative estimate of drug-likeness (QED) is 0.562. The number of carbonyl (C=O) groups excluding carboxylic acids is 1. The van der Waals surface area contributed by atoms with Crippen LogP contribution in [-0.2, 0) is 21.4 Å². The summed E-state index contributed by atoms with van der Waals surface area (Å²) >= 11 is 0. The molecule has 2 atom stereocenters. The Labute approximate surface area is 168 Å². The number of carbonyl (C=O) groups is 1. The second-order valence-corrected chi connectivity index (χ2v) is 9.44. The van der Waals surface area contributed by atoms with E-state index in [2.05, 4.69) is 10.3 Å². The maximum atomic E-state index is 12.9. The van der Waals surface area contributed by atoms with Crippen LogP contribution in [-0.4, -0.2) is 46.2 Å². The normalized spacial score (nSPS) is 20.3. The molecule has 1 saturated heterocycles. The molecule has 0 radical (unpaired) electrons. The lowest BCUT2D eigenvalue weighted by molar-refractivity contribution is -0.389. The van der Waals surface area contributed by atoms with Gasteiger partial charge in [-0.1, -0.05) is 13.8 Å². The molecule has 1 aromatic carbocycles. The number of anilines is 1. The highest BCUT2D eigenvalue weighted by Crippen LogP contribution is 2.27. The number of aromatic nitrogens is 2. The number of piperidine rings is 1. The molecular weight excluding hydrogens is 398 g/mol. The Morgan fingerprint density at radius 2 is 1.86 bits per heavy atom. The summed E-state index contributed by atoms with van der Waals surface area (Å²) in [6.07, 6.45) is 3.38. The van der Waals surface area contributed by atoms with Crippen LogP contribution in [0.15, 0.2) is 41.7 Å². The van der Waals surface area contributed by atoms with Crippen molar-refractivity contribution < 1.29 is 18.1 Å². The van der Waals surface area contributed by atoms with Crippen molar-refractivity contribution in [2.24, 2.45) is 11.8 Å². The fraction of sp³-hybridized carbons (Fsp3) is 0.444. The number of nitrogens with one attached hydrogen (secondary N) is 1. The number of nitrogens with zero attached hydrogens (tertiary/aromatic N) is 4. The smallest absolute Gasteiger partial charge is 0.358 e. The van der Waals surface area contributed by atoms with Crippen LogP contribution in [0.4, 0.5) is 11.5 Å². The molecule has 2 aromatic rings. The van der Waals surface area contributed by atoms with Crippen molar-refractivity contribution in [1.29, 1.82) is 0 Å². The standard InChI is InChI=1S/C18H23N5O5S/c1-13-7-14(2)9-22(8-13)29(27,28)16-5-3-15(4-6-16)20-18(24)11-21-10-17(19-12-21)23(25)26/h3-6,10,12-14H,7-9,11H2,1-2H3,(H,20,24)/t13-,14-/m1/s1. The molecule has 1 aliphatic heterocycles. The number of benzene rings is 1. The van der Waals surface area contributed by atoms with Crippen molar-refractivity contribution in [3.8, 4) is 0 Å². The van der Waals surface area contributed by atoms with Gasteiger partial charge in [-0.2, -0.15) is 4.31 Å². The van der Waals surface area contributed by atoms with Crippen LogP contribution >= 0.6 is 0 Å². The third kappa shape index (κ3) is 4.98. The van der Waals surface area contributed by atoms with Crippen LogP contribution in [0.25, 0.3) is 0 Å². The van der Waals surface area contributed by atoms with E-state index >= 15 is 0 Å². The number of rotatable bonds is 6. The van der Waals surface area contributed by atoms with E-state index in [0.717, 1.165) is 12.6 Å². The van der Waals surface area contributed by atoms with Gasteiger partial charge in [0.05, 0.1) is 4.90 Å². The SMILES string of the molecule is C[C@@H]1C[C@@H](C)CN(S(=O)(=O)c2ccc(NC(=O)Cn3cnc([N+](=O)[O-])c3)cc2)C1. The maximum absolute atomic E-state index is 12.9. The third-order valence-corrected chi connectivity index (χ3v) is 6.59. The van der Waals surface area contributed by atoms with Gasteiger partial charge < -0.3 is 20.0 Å². The number of sulfonamides is 1. The Hall–Kier alpha value is -2.79. The van der Waals surface area contributed by atoms with Crippen LogP contribution in [0, 0.1) is 22.0 Å². The van der Waals surface area contributed by atoms with E-state index in [1.165, 1.54) is 39.5 Å². The van der Waals surface area contributed by atoms with Crippen molar-refractivity contribution >= 4 is 27.4 Å². The molecular formula is C18H23N5O5S. The predicted octanol–water partition coefficient (Wildman–Crippen LogP) is 2.10. The van der Waals surface area contributed by atoms with Gasteiger partial charge in [-0.05, 0) is 52.4 Å². The molecule has 1 N–H and O–H groups in total. The molecule has 1 fully saturated rings. The highest BCUT2D eigenvalue weighted by atomic mass is 32.2. The number of hydrogen-bond donors (Lipinski definition) is 1. The lowest BCUT2D eigenvalue weighted by Crippen LogP contribution is -2.42. The van der Waals surface area contributed by atoms with Crippen molar-refractivity contribution in [2.75, 3.05) is 18.4 Å². The molecule has 11 heteroatoms. The molecule has 2 heterocycles. The summed E-state index contributed by atoms with van der Waals surface area (Å²) in [4.78, 5) is 25.9. The van der Waals surface area contributed by atoms with Crippen LogP contribution in [0.3, 0.4) is 0 Å². The molecule has 1 amide bonds. The van der Waals surface area contributed by atoms with Gasteiger partial charge in [0.15, 0.2) is 0 Å². The minimum Gasteiger partial charge on any atom is -0.358 e. The van der Waals surface area contributed by atoms with E-state index in [4.69, 9.17) is 0 Å². The molecule has 1 aromatic heterocycles. The molecule has 10 nitrogen and oxygen atoms in total. The zero-order valence-electron chi connectivity index (χ0n) is 16.2. The first-order valence-electron chi connectivity index (χ1n) is 9.21. The average molecular weight is 421 g/mol. The number of hydrogen-bond acceptors (Lipinski definition) is 6. The summed E-state index contributed by atoms with van der Waals surface area (Å²) in [5.74, 6) is -0.127. The number of imidazole rings is 1. The Morgan fingerprint density at radius 1 is 1.24 bits per heavy atom. The van der Waals surface area contributed by atoms with Crippen molar-refractivity contribution in [1.82, 2.24) is 13.9 Å². The Kier molecular flexibility index (Phi) is 5.99. The van der Waals surface area contributed by atoms with E-state index in [-0.39, 0.29) is 17.3 Å². The summed E-state index contributed by atoms with van der Waals surface area (Å²) in [7, 11) is -3.58. The largest absolute Gasteiger partial charge is 0.381 e. The van der Waals surface area contributed by atoms with Gasteiger partial charge >= 0.3 is 5.82 Å². The van der Waals surface area contributed by atoms with Gasteiger partial charge in [0.2, 0.25) is 22.3 Å². The first kappa shape index (κ1) is 20.9. The summed E-state index contributed by atoms with van der Waals surface area (Å²) in [5, 5.41) is 13.3. The van der Waals surface area contributed by atoms with Crippen molar-refractivity contribution in [2.45, 2.75) is 31.7 Å². The lowest BCUT2D eigenvalue weighted by Gasteiger charge is -2.34. The van der Waals surface area contributed by atoms with E-state index < -0.39 is 20.9 Å². The van der Waals surface area contributed by atoms with E-state index in [0.29, 0.717) is 30.6 Å². The molecule has 29 heavy (non-hydrogen) atoms. The van der Waals surface area contributed by atoms with Gasteiger partial charge in [-0.25, -0.2) is 8.42 Å². The highest BCUT2D eigenvalue weighted by molar-refractivity contribution is 7.89. The summed E-state index contributed by atoms with van der Waals surface area (Å²) < 4.78 is 28.6. The van der Waals surface area contributed by atoms with Crippen LogP contribution in [0.1, 0.15) is 20.3 Å². The molecule has 3 rings (SSSR count). The minimum absolute atomic E-state index is 0.148. The van der Waals surface area contributed by atoms with Gasteiger partial charge in [-0.3, -0.25) is 4.79 Å².